The van der Waals surface area contributed by atoms with E-state index in [1.807, 2.05) is 13.8 Å². The Balaban J connectivity index is 3.03. The van der Waals surface area contributed by atoms with Gasteiger partial charge in [0.25, 0.3) is 0 Å². The van der Waals surface area contributed by atoms with E-state index in [-0.39, 0.29) is 37.7 Å². The molecule has 218 valence electrons. The first kappa shape index (κ1) is 32.8. The number of methoxy groups -OCH3 is 1. The normalized spacial score (nSPS) is 13.9. The number of aliphatic imine (C=N–C) groups is 1. The first-order chi connectivity index (χ1) is 18.3. The molecule has 4 unspecified atom stereocenters. The van der Waals surface area contributed by atoms with Crippen molar-refractivity contribution in [3.8, 4) is 0 Å². The van der Waals surface area contributed by atoms with Crippen LogP contribution >= 0.6 is 0 Å². The fraction of sp³-hybridized carbons (Fsp3) is 0.609. The molecule has 1 aromatic rings. The van der Waals surface area contributed by atoms with Crippen LogP contribution in [0, 0.1) is 5.92 Å². The number of hydrogen-bond donors (Lipinski definition) is 8. The number of guanidine groups is 1. The van der Waals surface area contributed by atoms with Crippen LogP contribution in [0.25, 0.3) is 0 Å². The maximum Gasteiger partial charge on any atom is 0.328 e. The Bertz CT molecular complexity index is 994. The second kappa shape index (κ2) is 16.6. The molecule has 39 heavy (non-hydrogen) atoms. The second-order valence-electron chi connectivity index (χ2n) is 9.27. The standard InChI is InChI=1S/C23H39N9O7/c1-12(2)7-17(22(38)39-3)32-21(37)16(9-18(33)34)31-20(36)15(8-13-10-27-11-29-13)30-19(35)14(24)5-4-6-28-23(25)26/h10-12,14-17H,4-9,24H2,1-3H3,(H,27,29)(H,30,35)(H,31,36)(H,32,37)(H,33,34)(H4,25,26,28). The number of aliphatic carboxylic acids is 1. The molecule has 1 heterocycles. The summed E-state index contributed by atoms with van der Waals surface area (Å²) in [5.41, 5.74) is 17.0. The van der Waals surface area contributed by atoms with Crippen LogP contribution in [0.5, 0.6) is 0 Å². The summed E-state index contributed by atoms with van der Waals surface area (Å²) >= 11 is 0. The number of rotatable bonds is 17. The molecule has 11 N–H and O–H groups in total. The number of hydrogen-bond acceptors (Lipinski definition) is 9. The fourth-order valence-electron chi connectivity index (χ4n) is 3.51. The molecule has 0 aliphatic heterocycles. The third-order valence-electron chi connectivity index (χ3n) is 5.44. The summed E-state index contributed by atoms with van der Waals surface area (Å²) < 4.78 is 4.72. The fourth-order valence-corrected chi connectivity index (χ4v) is 3.51. The Hall–Kier alpha value is -4.21. The second-order valence-corrected chi connectivity index (χ2v) is 9.27. The van der Waals surface area contributed by atoms with Gasteiger partial charge >= 0.3 is 11.9 Å². The highest BCUT2D eigenvalue weighted by Gasteiger charge is 2.32. The summed E-state index contributed by atoms with van der Waals surface area (Å²) in [6.07, 6.45) is 2.84. The lowest BCUT2D eigenvalue weighted by Gasteiger charge is -2.25. The van der Waals surface area contributed by atoms with Gasteiger partial charge in [0, 0.05) is 24.9 Å². The van der Waals surface area contributed by atoms with Crippen molar-refractivity contribution < 1.29 is 33.8 Å². The van der Waals surface area contributed by atoms with Crippen molar-refractivity contribution in [2.24, 2.45) is 28.1 Å². The summed E-state index contributed by atoms with van der Waals surface area (Å²) in [7, 11) is 1.16. The van der Waals surface area contributed by atoms with Crippen molar-refractivity contribution >= 4 is 35.6 Å². The molecule has 0 fully saturated rings. The minimum Gasteiger partial charge on any atom is -0.481 e. The zero-order chi connectivity index (χ0) is 29.5. The van der Waals surface area contributed by atoms with Gasteiger partial charge in [-0.05, 0) is 25.2 Å². The van der Waals surface area contributed by atoms with Crippen molar-refractivity contribution in [3.05, 3.63) is 18.2 Å². The molecule has 1 rings (SSSR count). The summed E-state index contributed by atoms with van der Waals surface area (Å²) in [6.45, 7) is 3.91. The van der Waals surface area contributed by atoms with Crippen LogP contribution in [0.1, 0.15) is 45.2 Å². The van der Waals surface area contributed by atoms with Crippen LogP contribution in [-0.2, 0) is 35.1 Å². The number of nitrogens with two attached hydrogens (primary N) is 3. The number of nitrogens with zero attached hydrogens (tertiary/aromatic N) is 2. The van der Waals surface area contributed by atoms with Crippen LogP contribution in [0.15, 0.2) is 17.5 Å². The average Bonchev–Trinajstić information content (AvgIpc) is 3.37. The summed E-state index contributed by atoms with van der Waals surface area (Å²) in [5, 5.41) is 16.7. The number of nitrogens with one attached hydrogen (secondary N) is 4. The van der Waals surface area contributed by atoms with Gasteiger partial charge in [-0.25, -0.2) is 9.78 Å². The van der Waals surface area contributed by atoms with Gasteiger partial charge in [0.1, 0.15) is 18.1 Å². The number of carbonyl (C=O) groups excluding carboxylic acids is 4. The van der Waals surface area contributed by atoms with Crippen molar-refractivity contribution in [1.29, 1.82) is 0 Å². The molecule has 0 radical (unpaired) electrons. The van der Waals surface area contributed by atoms with Crippen molar-refractivity contribution in [2.45, 2.75) is 70.1 Å². The molecule has 0 spiro atoms. The van der Waals surface area contributed by atoms with Crippen LogP contribution in [0.3, 0.4) is 0 Å². The van der Waals surface area contributed by atoms with E-state index in [4.69, 9.17) is 21.9 Å². The molecule has 0 aliphatic rings. The van der Waals surface area contributed by atoms with E-state index >= 15 is 0 Å². The predicted molar refractivity (Wildman–Crippen MR) is 140 cm³/mol. The summed E-state index contributed by atoms with van der Waals surface area (Å²) in [5.74, 6) is -4.57. The molecular formula is C23H39N9O7. The van der Waals surface area contributed by atoms with Gasteiger partial charge in [-0.15, -0.1) is 0 Å². The maximum absolute atomic E-state index is 13.2. The van der Waals surface area contributed by atoms with Gasteiger partial charge in [0.2, 0.25) is 17.7 Å². The van der Waals surface area contributed by atoms with E-state index in [9.17, 15) is 29.1 Å². The molecule has 0 saturated carbocycles. The molecule has 1 aromatic heterocycles. The lowest BCUT2D eigenvalue weighted by Crippen LogP contribution is -2.58. The Morgan fingerprint density at radius 2 is 1.67 bits per heavy atom. The quantitative estimate of drug-likeness (QED) is 0.0431. The Labute approximate surface area is 225 Å². The number of amides is 3. The lowest BCUT2D eigenvalue weighted by atomic mass is 10.0. The molecule has 4 atom stereocenters. The number of carboxylic acid groups (broad SMARTS) is 1. The first-order valence-corrected chi connectivity index (χ1v) is 12.3. The van der Waals surface area contributed by atoms with Crippen LogP contribution in [-0.4, -0.2) is 88.5 Å². The van der Waals surface area contributed by atoms with Crippen LogP contribution in [0.4, 0.5) is 0 Å². The number of carbonyl (C=O) groups is 5. The van der Waals surface area contributed by atoms with E-state index in [0.29, 0.717) is 12.1 Å². The van der Waals surface area contributed by atoms with Gasteiger partial charge in [-0.3, -0.25) is 24.2 Å². The molecular weight excluding hydrogens is 514 g/mol. The number of esters is 1. The summed E-state index contributed by atoms with van der Waals surface area (Å²) in [6, 6.07) is -4.83. The van der Waals surface area contributed by atoms with Gasteiger partial charge in [0.05, 0.1) is 25.9 Å². The number of H-pyrrole nitrogens is 1. The predicted octanol–water partition coefficient (Wildman–Crippen LogP) is -2.52. The largest absolute Gasteiger partial charge is 0.481 e. The van der Waals surface area contributed by atoms with Crippen molar-refractivity contribution in [1.82, 2.24) is 25.9 Å². The number of aromatic nitrogens is 2. The van der Waals surface area contributed by atoms with Gasteiger partial charge in [-0.2, -0.15) is 0 Å². The highest BCUT2D eigenvalue weighted by atomic mass is 16.5. The van der Waals surface area contributed by atoms with E-state index in [1.54, 1.807) is 0 Å². The minimum atomic E-state index is -1.55. The van der Waals surface area contributed by atoms with Gasteiger partial charge in [-0.1, -0.05) is 13.8 Å². The van der Waals surface area contributed by atoms with Crippen LogP contribution in [0.2, 0.25) is 0 Å². The number of ether oxygens (including phenoxy) is 1. The molecule has 16 heteroatoms. The Kier molecular flexibility index (Phi) is 14.0. The van der Waals surface area contributed by atoms with Gasteiger partial charge < -0.3 is 48.0 Å². The summed E-state index contributed by atoms with van der Waals surface area (Å²) in [4.78, 5) is 72.9. The lowest BCUT2D eigenvalue weighted by molar-refractivity contribution is -0.146. The van der Waals surface area contributed by atoms with E-state index in [1.165, 1.54) is 12.5 Å². The Morgan fingerprint density at radius 3 is 2.21 bits per heavy atom. The molecule has 0 aliphatic carbocycles. The number of imidazole rings is 1. The van der Waals surface area contributed by atoms with Gasteiger partial charge in [0.15, 0.2) is 5.96 Å². The topological polar surface area (TPSA) is 270 Å². The molecule has 0 saturated heterocycles. The van der Waals surface area contributed by atoms with Crippen molar-refractivity contribution in [3.63, 3.8) is 0 Å². The molecule has 3 amide bonds. The monoisotopic (exact) mass is 553 g/mol. The average molecular weight is 554 g/mol. The number of aromatic amines is 1. The third-order valence-corrected chi connectivity index (χ3v) is 5.44. The maximum atomic E-state index is 13.2. The minimum absolute atomic E-state index is 0.000382. The van der Waals surface area contributed by atoms with E-state index in [0.717, 1.165) is 7.11 Å². The van der Waals surface area contributed by atoms with E-state index in [2.05, 4.69) is 30.9 Å². The third kappa shape index (κ3) is 12.7. The zero-order valence-corrected chi connectivity index (χ0v) is 22.3. The molecule has 0 aromatic carbocycles. The Morgan fingerprint density at radius 1 is 1.05 bits per heavy atom. The van der Waals surface area contributed by atoms with Crippen molar-refractivity contribution in [2.75, 3.05) is 13.7 Å². The van der Waals surface area contributed by atoms with E-state index < -0.39 is 60.2 Å². The zero-order valence-electron chi connectivity index (χ0n) is 22.3. The number of carboxylic acids is 1. The van der Waals surface area contributed by atoms with Crippen LogP contribution < -0.4 is 33.2 Å². The molecule has 0 bridgehead atoms. The first-order valence-electron chi connectivity index (χ1n) is 12.3. The highest BCUT2D eigenvalue weighted by Crippen LogP contribution is 2.08. The molecule has 16 nitrogen and oxygen atoms in total. The SMILES string of the molecule is COC(=O)C(CC(C)C)NC(=O)C(CC(=O)O)NC(=O)C(Cc1cnc[nH]1)NC(=O)C(N)CCCN=C(N)N. The highest BCUT2D eigenvalue weighted by molar-refractivity contribution is 5.95. The smallest absolute Gasteiger partial charge is 0.328 e.